The molecule has 5 nitrogen and oxygen atoms in total. The van der Waals surface area contributed by atoms with Crippen LogP contribution in [0.25, 0.3) is 0 Å². The van der Waals surface area contributed by atoms with Crippen molar-refractivity contribution in [3.05, 3.63) is 33.8 Å². The maximum Gasteiger partial charge on any atom is 0.253 e. The highest BCUT2D eigenvalue weighted by molar-refractivity contribution is 6.42. The molecule has 2 aliphatic heterocycles. The molecule has 2 unspecified atom stereocenters. The molecule has 1 aromatic carbocycles. The minimum Gasteiger partial charge on any atom is -0.355 e. The molecule has 0 aliphatic carbocycles. The van der Waals surface area contributed by atoms with E-state index in [0.29, 0.717) is 41.2 Å². The third kappa shape index (κ3) is 4.90. The number of likely N-dealkylation sites (tertiary alicyclic amines) is 1. The lowest BCUT2D eigenvalue weighted by Gasteiger charge is -2.32. The van der Waals surface area contributed by atoms with Gasteiger partial charge in [0.15, 0.2) is 0 Å². The Balaban J connectivity index is 1.55. The first-order chi connectivity index (χ1) is 12.5. The molecule has 0 spiro atoms. The standard InChI is InChI=1S/C19H25Cl2N3O2/c20-16-6-5-14(9-17(16)21)19(26)24-8-2-4-15(12-24)18(25)23-11-13-3-1-7-22-10-13/h5-6,9,13,15,22H,1-4,7-8,10-12H2,(H,23,25). The molecular formula is C19H25Cl2N3O2. The Bertz CT molecular complexity index is 662. The van der Waals surface area contributed by atoms with E-state index in [-0.39, 0.29) is 17.7 Å². The maximum absolute atomic E-state index is 12.7. The lowest BCUT2D eigenvalue weighted by Crippen LogP contribution is -2.47. The molecule has 2 N–H and O–H groups in total. The van der Waals surface area contributed by atoms with Gasteiger partial charge in [-0.15, -0.1) is 0 Å². The van der Waals surface area contributed by atoms with Crippen molar-refractivity contribution in [3.8, 4) is 0 Å². The van der Waals surface area contributed by atoms with Crippen LogP contribution in [-0.2, 0) is 4.79 Å². The van der Waals surface area contributed by atoms with E-state index in [0.717, 1.165) is 38.8 Å². The van der Waals surface area contributed by atoms with Crippen LogP contribution in [0, 0.1) is 11.8 Å². The van der Waals surface area contributed by atoms with Gasteiger partial charge in [0.05, 0.1) is 16.0 Å². The number of piperidine rings is 2. The maximum atomic E-state index is 12.7. The lowest BCUT2D eigenvalue weighted by atomic mass is 9.95. The summed E-state index contributed by atoms with van der Waals surface area (Å²) >= 11 is 11.9. The number of carbonyl (C=O) groups is 2. The largest absolute Gasteiger partial charge is 0.355 e. The first-order valence-corrected chi connectivity index (χ1v) is 10.0. The van der Waals surface area contributed by atoms with Crippen molar-refractivity contribution in [2.75, 3.05) is 32.7 Å². The van der Waals surface area contributed by atoms with E-state index in [1.807, 2.05) is 0 Å². The van der Waals surface area contributed by atoms with Gasteiger partial charge in [-0.1, -0.05) is 23.2 Å². The van der Waals surface area contributed by atoms with E-state index in [4.69, 9.17) is 23.2 Å². The zero-order valence-corrected chi connectivity index (χ0v) is 16.3. The molecule has 0 bridgehead atoms. The Morgan fingerprint density at radius 1 is 1.19 bits per heavy atom. The molecule has 2 atom stereocenters. The Kier molecular flexibility index (Phi) is 6.79. The fraction of sp³-hybridized carbons (Fsp3) is 0.579. The fourth-order valence-corrected chi connectivity index (χ4v) is 3.97. The molecule has 2 amide bonds. The molecule has 1 aromatic rings. The van der Waals surface area contributed by atoms with Gasteiger partial charge in [-0.2, -0.15) is 0 Å². The van der Waals surface area contributed by atoms with E-state index in [1.54, 1.807) is 23.1 Å². The fourth-order valence-electron chi connectivity index (χ4n) is 3.67. The van der Waals surface area contributed by atoms with Crippen LogP contribution in [0.5, 0.6) is 0 Å². The van der Waals surface area contributed by atoms with Crippen LogP contribution in [0.15, 0.2) is 18.2 Å². The van der Waals surface area contributed by atoms with Crippen LogP contribution in [0.1, 0.15) is 36.0 Å². The topological polar surface area (TPSA) is 61.4 Å². The molecular weight excluding hydrogens is 373 g/mol. The van der Waals surface area contributed by atoms with Gasteiger partial charge in [-0.25, -0.2) is 0 Å². The van der Waals surface area contributed by atoms with Crippen molar-refractivity contribution in [3.63, 3.8) is 0 Å². The normalized spacial score (nSPS) is 23.5. The van der Waals surface area contributed by atoms with Crippen LogP contribution in [0.4, 0.5) is 0 Å². The zero-order valence-electron chi connectivity index (χ0n) is 14.8. The first kappa shape index (κ1) is 19.5. The van der Waals surface area contributed by atoms with Gasteiger partial charge in [0.2, 0.25) is 5.91 Å². The molecule has 2 aliphatic rings. The summed E-state index contributed by atoms with van der Waals surface area (Å²) in [5.74, 6) is 0.317. The molecule has 0 saturated carbocycles. The van der Waals surface area contributed by atoms with Crippen LogP contribution in [-0.4, -0.2) is 49.4 Å². The number of nitrogens with zero attached hydrogens (tertiary/aromatic N) is 1. The van der Waals surface area contributed by atoms with E-state index in [1.165, 1.54) is 0 Å². The number of hydrogen-bond donors (Lipinski definition) is 2. The quantitative estimate of drug-likeness (QED) is 0.820. The molecule has 0 aromatic heterocycles. The summed E-state index contributed by atoms with van der Waals surface area (Å²) in [5.41, 5.74) is 0.508. The summed E-state index contributed by atoms with van der Waals surface area (Å²) in [5, 5.41) is 7.24. The van der Waals surface area contributed by atoms with Gasteiger partial charge in [0, 0.05) is 25.2 Å². The van der Waals surface area contributed by atoms with Gasteiger partial charge in [0.25, 0.3) is 5.91 Å². The van der Waals surface area contributed by atoms with Crippen molar-refractivity contribution >= 4 is 35.0 Å². The average molecular weight is 398 g/mol. The summed E-state index contributed by atoms with van der Waals surface area (Å²) in [6, 6.07) is 4.89. The van der Waals surface area contributed by atoms with Gasteiger partial charge < -0.3 is 15.5 Å². The van der Waals surface area contributed by atoms with E-state index in [2.05, 4.69) is 10.6 Å². The minimum atomic E-state index is -0.146. The van der Waals surface area contributed by atoms with Crippen molar-refractivity contribution in [2.24, 2.45) is 11.8 Å². The van der Waals surface area contributed by atoms with Gasteiger partial charge in [0.1, 0.15) is 0 Å². The zero-order chi connectivity index (χ0) is 18.5. The smallest absolute Gasteiger partial charge is 0.253 e. The number of rotatable bonds is 4. The van der Waals surface area contributed by atoms with E-state index < -0.39 is 0 Å². The monoisotopic (exact) mass is 397 g/mol. The number of amides is 2. The number of nitrogens with one attached hydrogen (secondary N) is 2. The van der Waals surface area contributed by atoms with Crippen molar-refractivity contribution in [1.29, 1.82) is 0 Å². The number of hydrogen-bond acceptors (Lipinski definition) is 3. The van der Waals surface area contributed by atoms with E-state index >= 15 is 0 Å². The SMILES string of the molecule is O=C(NCC1CCCNC1)C1CCCN(C(=O)c2ccc(Cl)c(Cl)c2)C1. The second-order valence-corrected chi connectivity index (χ2v) is 7.99. The highest BCUT2D eigenvalue weighted by Gasteiger charge is 2.29. The Morgan fingerprint density at radius 2 is 2.04 bits per heavy atom. The van der Waals surface area contributed by atoms with Gasteiger partial charge >= 0.3 is 0 Å². The number of halogens is 2. The first-order valence-electron chi connectivity index (χ1n) is 9.27. The van der Waals surface area contributed by atoms with Crippen molar-refractivity contribution in [1.82, 2.24) is 15.5 Å². The van der Waals surface area contributed by atoms with Crippen LogP contribution in [0.2, 0.25) is 10.0 Å². The summed E-state index contributed by atoms with van der Waals surface area (Å²) in [7, 11) is 0. The average Bonchev–Trinajstić information content (AvgIpc) is 2.68. The molecule has 2 heterocycles. The number of benzene rings is 1. The predicted molar refractivity (Wildman–Crippen MR) is 104 cm³/mol. The third-order valence-corrected chi connectivity index (χ3v) is 5.95. The second kappa shape index (κ2) is 9.07. The molecule has 3 rings (SSSR count). The van der Waals surface area contributed by atoms with Gasteiger partial charge in [-0.3, -0.25) is 9.59 Å². The van der Waals surface area contributed by atoms with Crippen LogP contribution in [0.3, 0.4) is 0 Å². The molecule has 26 heavy (non-hydrogen) atoms. The molecule has 2 fully saturated rings. The highest BCUT2D eigenvalue weighted by Crippen LogP contribution is 2.25. The third-order valence-electron chi connectivity index (χ3n) is 5.21. The van der Waals surface area contributed by atoms with E-state index in [9.17, 15) is 9.59 Å². The lowest BCUT2D eigenvalue weighted by molar-refractivity contribution is -0.126. The second-order valence-electron chi connectivity index (χ2n) is 7.18. The van der Waals surface area contributed by atoms with Crippen LogP contribution >= 0.6 is 23.2 Å². The molecule has 142 valence electrons. The molecule has 0 radical (unpaired) electrons. The van der Waals surface area contributed by atoms with Crippen molar-refractivity contribution < 1.29 is 9.59 Å². The van der Waals surface area contributed by atoms with Crippen molar-refractivity contribution in [2.45, 2.75) is 25.7 Å². The Hall–Kier alpha value is -1.30. The van der Waals surface area contributed by atoms with Crippen LogP contribution < -0.4 is 10.6 Å². The summed E-state index contributed by atoms with van der Waals surface area (Å²) in [6.45, 7) is 3.86. The Labute approximate surface area is 164 Å². The minimum absolute atomic E-state index is 0.0576. The summed E-state index contributed by atoms with van der Waals surface area (Å²) in [6.07, 6.45) is 3.96. The molecule has 7 heteroatoms. The Morgan fingerprint density at radius 3 is 2.77 bits per heavy atom. The predicted octanol–water partition coefficient (Wildman–Crippen LogP) is 2.96. The summed E-state index contributed by atoms with van der Waals surface area (Å²) < 4.78 is 0. The number of carbonyl (C=O) groups excluding carboxylic acids is 2. The van der Waals surface area contributed by atoms with Gasteiger partial charge in [-0.05, 0) is 62.9 Å². The highest BCUT2D eigenvalue weighted by atomic mass is 35.5. The molecule has 2 saturated heterocycles. The summed E-state index contributed by atoms with van der Waals surface area (Å²) in [4.78, 5) is 27.0.